The summed E-state index contributed by atoms with van der Waals surface area (Å²) in [6.07, 6.45) is 5.86. The van der Waals surface area contributed by atoms with Gasteiger partial charge in [0.1, 0.15) is 11.8 Å². The number of Topliss-reactive ketones (excluding diaryl/α,β-unsaturated/α-hetero) is 1. The average Bonchev–Trinajstić information content (AvgIpc) is 3.82. The molecule has 0 radical (unpaired) electrons. The molecule has 65 heavy (non-hydrogen) atoms. The van der Waals surface area contributed by atoms with E-state index in [1.165, 1.54) is 0 Å². The molecule has 0 saturated carbocycles. The summed E-state index contributed by atoms with van der Waals surface area (Å²) in [4.78, 5) is 54.7. The lowest BCUT2D eigenvalue weighted by atomic mass is 9.72. The summed E-state index contributed by atoms with van der Waals surface area (Å²) in [5, 5.41) is 35.9. The van der Waals surface area contributed by atoms with Crippen molar-refractivity contribution in [1.82, 2.24) is 14.5 Å². The van der Waals surface area contributed by atoms with E-state index in [9.17, 15) is 42.9 Å². The van der Waals surface area contributed by atoms with Crippen molar-refractivity contribution in [3.63, 3.8) is 0 Å². The van der Waals surface area contributed by atoms with E-state index in [0.29, 0.717) is 55.7 Å². The van der Waals surface area contributed by atoms with Gasteiger partial charge in [-0.1, -0.05) is 61.5 Å². The van der Waals surface area contributed by atoms with E-state index in [2.05, 4.69) is 5.32 Å². The molecule has 4 amide bonds. The van der Waals surface area contributed by atoms with Crippen LogP contribution in [0.3, 0.4) is 0 Å². The smallest absolute Gasteiger partial charge is 0.341 e. The molecule has 6 heterocycles. The average molecular weight is 940 g/mol. The number of amides is 4. The van der Waals surface area contributed by atoms with Crippen molar-refractivity contribution in [3.8, 4) is 0 Å². The number of aliphatic hydroxyl groups is 2. The topological polar surface area (TPSA) is 228 Å². The second-order valence-electron chi connectivity index (χ2n) is 20.7. The number of hydrogen-bond donors (Lipinski definition) is 4. The van der Waals surface area contributed by atoms with Gasteiger partial charge in [-0.05, 0) is 89.5 Å². The normalized spacial score (nSPS) is 41.3. The molecule has 0 aliphatic carbocycles. The summed E-state index contributed by atoms with van der Waals surface area (Å²) in [7, 11) is -3.91. The summed E-state index contributed by atoms with van der Waals surface area (Å²) in [6, 6.07) is -2.75. The van der Waals surface area contributed by atoms with Crippen LogP contribution >= 0.6 is 0 Å². The molecule has 6 rings (SSSR count). The summed E-state index contributed by atoms with van der Waals surface area (Å²) < 4.78 is 59.6. The van der Waals surface area contributed by atoms with E-state index in [1.54, 1.807) is 19.1 Å². The van der Waals surface area contributed by atoms with E-state index < -0.39 is 117 Å². The predicted octanol–water partition coefficient (Wildman–Crippen LogP) is 5.60. The van der Waals surface area contributed by atoms with Gasteiger partial charge in [0.05, 0.1) is 73.1 Å². The fourth-order valence-corrected chi connectivity index (χ4v) is 12.7. The predicted molar refractivity (Wildman–Crippen MR) is 239 cm³/mol. The molecular weight excluding hydrogens is 863 g/mol. The largest absolute Gasteiger partial charge is 0.481 e. The molecule has 0 aromatic carbocycles. The molecule has 5 saturated heterocycles. The number of ether oxygens (including phenoxy) is 5. The maximum absolute atomic E-state index is 14.7. The zero-order valence-corrected chi connectivity index (χ0v) is 41.2. The highest BCUT2D eigenvalue weighted by molar-refractivity contribution is 7.88. The number of imide groups is 1. The van der Waals surface area contributed by atoms with E-state index in [0.717, 1.165) is 17.6 Å². The summed E-state index contributed by atoms with van der Waals surface area (Å²) in [5.41, 5.74) is -1.94. The SMILES string of the molecule is CC[C@@H](C(=O)[C@@H](C)[C@@H](O)[C@H](C)[C@@H]1O[C@@H]([C@@H](CC)C(=O)O)CC[C@@H]1C)[C@H]1O[C@]2(C=CC(NC(=O)N3CCN(S(C)(=O)=O)C3=O)[C@]3(CC[C@@](C)([C@H]4CC[C@](O)(CC)[C@H](C)O4)O3)O2)[C@H](C)C[C@@H]1C. The van der Waals surface area contributed by atoms with Gasteiger partial charge in [-0.3, -0.25) is 9.59 Å². The Bertz CT molecular complexity index is 1920. The minimum atomic E-state index is -3.91. The minimum Gasteiger partial charge on any atom is -0.481 e. The van der Waals surface area contributed by atoms with Crippen molar-refractivity contribution in [3.05, 3.63) is 12.2 Å². The van der Waals surface area contributed by atoms with E-state index in [-0.39, 0.29) is 43.0 Å². The second-order valence-corrected chi connectivity index (χ2v) is 22.6. The van der Waals surface area contributed by atoms with Crippen LogP contribution < -0.4 is 5.32 Å². The van der Waals surface area contributed by atoms with Crippen molar-refractivity contribution in [2.75, 3.05) is 19.3 Å². The molecule has 18 atom stereocenters. The van der Waals surface area contributed by atoms with Crippen LogP contribution in [0.4, 0.5) is 9.59 Å². The third kappa shape index (κ3) is 9.80. The van der Waals surface area contributed by atoms with Crippen LogP contribution in [0.5, 0.6) is 0 Å². The van der Waals surface area contributed by atoms with Gasteiger partial charge in [-0.15, -0.1) is 0 Å². The van der Waals surface area contributed by atoms with Gasteiger partial charge in [0, 0.05) is 30.1 Å². The number of hydrogen-bond acceptors (Lipinski definition) is 13. The molecule has 5 fully saturated rings. The first kappa shape index (κ1) is 51.7. The highest BCUT2D eigenvalue weighted by Gasteiger charge is 2.64. The highest BCUT2D eigenvalue weighted by Crippen LogP contribution is 2.54. The first-order valence-corrected chi connectivity index (χ1v) is 26.0. The zero-order chi connectivity index (χ0) is 48.2. The van der Waals surface area contributed by atoms with Crippen molar-refractivity contribution in [1.29, 1.82) is 0 Å². The van der Waals surface area contributed by atoms with Crippen molar-refractivity contribution in [2.24, 2.45) is 41.4 Å². The number of sulfonamides is 1. The third-order valence-corrected chi connectivity index (χ3v) is 17.5. The van der Waals surface area contributed by atoms with Crippen LogP contribution in [0.1, 0.15) is 133 Å². The molecule has 0 aromatic rings. The fourth-order valence-electron chi connectivity index (χ4n) is 11.9. The molecule has 0 aromatic heterocycles. The third-order valence-electron chi connectivity index (χ3n) is 16.4. The van der Waals surface area contributed by atoms with E-state index >= 15 is 0 Å². The molecule has 6 aliphatic heterocycles. The van der Waals surface area contributed by atoms with Gasteiger partial charge in [-0.25, -0.2) is 27.2 Å². The summed E-state index contributed by atoms with van der Waals surface area (Å²) in [5.74, 6) is -6.97. The van der Waals surface area contributed by atoms with Crippen LogP contribution in [0.25, 0.3) is 0 Å². The Kier molecular flexibility index (Phi) is 15.4. The second kappa shape index (κ2) is 19.4. The van der Waals surface area contributed by atoms with Crippen molar-refractivity contribution >= 4 is 33.8 Å². The molecule has 18 heteroatoms. The molecule has 2 spiro atoms. The molecule has 6 aliphatic rings. The van der Waals surface area contributed by atoms with Crippen LogP contribution in [0, 0.1) is 41.4 Å². The van der Waals surface area contributed by atoms with Crippen LogP contribution in [-0.2, 0) is 43.3 Å². The Labute approximate surface area is 385 Å². The molecule has 17 nitrogen and oxygen atoms in total. The first-order valence-electron chi connectivity index (χ1n) is 24.2. The number of rotatable bonds is 14. The first-order chi connectivity index (χ1) is 30.3. The van der Waals surface area contributed by atoms with Crippen LogP contribution in [-0.4, -0.2) is 142 Å². The van der Waals surface area contributed by atoms with E-state index in [4.69, 9.17) is 23.7 Å². The monoisotopic (exact) mass is 940 g/mol. The summed E-state index contributed by atoms with van der Waals surface area (Å²) >= 11 is 0. The molecule has 1 unspecified atom stereocenters. The maximum Gasteiger partial charge on any atom is 0.341 e. The van der Waals surface area contributed by atoms with Crippen LogP contribution in [0.2, 0.25) is 0 Å². The van der Waals surface area contributed by atoms with Crippen LogP contribution in [0.15, 0.2) is 12.2 Å². The standard InChI is InChI=1S/C47H77N3O14S/c1-12-32(41(53)54)34-16-15-26(4)39(61-34)30(8)37(51)29(7)38(52)33(13-2)40-27(5)25-28(6)46(62-40)20-17-35(48-42(55)49-23-24-50(43(49)56)65(11,58)59)47(64-46)22-21-44(10,63-47)36-18-19-45(57,14-3)31(9)60-36/h17,20,26-37,39-40,51,57H,12-16,18-19,21-25H2,1-11H3,(H,48,55)(H,53,54)/t26-,27-,28+,29-,30-,31-,32+,33-,34+,35?,36+,37+,39+,40-,44-,45+,46-,47-/m0/s1. The van der Waals surface area contributed by atoms with Gasteiger partial charge in [0.15, 0.2) is 11.6 Å². The van der Waals surface area contributed by atoms with Gasteiger partial charge in [0.25, 0.3) is 0 Å². The number of nitrogens with zero attached hydrogens (tertiary/aromatic N) is 2. The lowest BCUT2D eigenvalue weighted by Crippen LogP contribution is -2.66. The van der Waals surface area contributed by atoms with Gasteiger partial charge in [0.2, 0.25) is 10.0 Å². The molecule has 370 valence electrons. The van der Waals surface area contributed by atoms with Crippen molar-refractivity contribution in [2.45, 2.75) is 199 Å². The number of nitrogens with one attached hydrogen (secondary N) is 1. The Hall–Kier alpha value is -2.71. The Morgan fingerprint density at radius 1 is 0.923 bits per heavy atom. The van der Waals surface area contributed by atoms with Gasteiger partial charge in [-0.2, -0.15) is 0 Å². The number of ketones is 1. The lowest BCUT2D eigenvalue weighted by Gasteiger charge is -2.55. The maximum atomic E-state index is 14.7. The number of aliphatic hydroxyl groups excluding tert-OH is 1. The van der Waals surface area contributed by atoms with E-state index in [1.807, 2.05) is 62.3 Å². The molecule has 0 bridgehead atoms. The highest BCUT2D eigenvalue weighted by atomic mass is 32.2. The summed E-state index contributed by atoms with van der Waals surface area (Å²) in [6.45, 7) is 18.8. The minimum absolute atomic E-state index is 0.0519. The number of carbonyl (C=O) groups is 4. The van der Waals surface area contributed by atoms with Gasteiger partial charge < -0.3 is 44.3 Å². The lowest BCUT2D eigenvalue weighted by molar-refractivity contribution is -0.397. The fraction of sp³-hybridized carbons (Fsp3) is 0.872. The zero-order valence-electron chi connectivity index (χ0n) is 40.4. The molecule has 4 N–H and O–H groups in total. The quantitative estimate of drug-likeness (QED) is 0.156. The number of carboxylic acid groups (broad SMARTS) is 1. The van der Waals surface area contributed by atoms with Crippen molar-refractivity contribution < 1.29 is 66.6 Å². The molecular formula is C47H77N3O14S. The Morgan fingerprint density at radius 3 is 2.18 bits per heavy atom. The van der Waals surface area contributed by atoms with Gasteiger partial charge >= 0.3 is 18.0 Å². The number of aliphatic carboxylic acids is 1. The number of urea groups is 2. The Morgan fingerprint density at radius 2 is 1.60 bits per heavy atom. The Balaban J connectivity index is 1.26. The number of carboxylic acids is 1. The number of carbonyl (C=O) groups excluding carboxylic acids is 3.